The summed E-state index contributed by atoms with van der Waals surface area (Å²) < 4.78 is 3.99. The second-order valence-corrected chi connectivity index (χ2v) is 2.35. The van der Waals surface area contributed by atoms with Crippen molar-refractivity contribution < 1.29 is 19.4 Å². The number of esters is 1. The highest BCUT2D eigenvalue weighted by Crippen LogP contribution is 2.12. The monoisotopic (exact) mass is 180 g/mol. The Hall–Kier alpha value is -1.68. The number of rotatable bonds is 3. The molecule has 68 valence electrons. The van der Waals surface area contributed by atoms with Gasteiger partial charge < -0.3 is 9.84 Å². The molecule has 0 aliphatic rings. The average molecular weight is 180 g/mol. The van der Waals surface area contributed by atoms with Crippen LogP contribution in [0, 0.1) is 0 Å². The maximum Gasteiger partial charge on any atom is 0.347 e. The van der Waals surface area contributed by atoms with E-state index >= 15 is 0 Å². The van der Waals surface area contributed by atoms with Crippen LogP contribution in [0.3, 0.4) is 0 Å². The molecule has 0 bridgehead atoms. The zero-order valence-electron chi connectivity index (χ0n) is 6.71. The van der Waals surface area contributed by atoms with Gasteiger partial charge in [0.05, 0.1) is 0 Å². The Morgan fingerprint density at radius 3 is 2.54 bits per heavy atom. The van der Waals surface area contributed by atoms with Gasteiger partial charge in [-0.05, 0) is 5.56 Å². The van der Waals surface area contributed by atoms with Gasteiger partial charge in [0.25, 0.3) is 0 Å². The Morgan fingerprint density at radius 2 is 2.00 bits per heavy atom. The van der Waals surface area contributed by atoms with E-state index in [4.69, 9.17) is 0 Å². The number of benzene rings is 1. The summed E-state index contributed by atoms with van der Waals surface area (Å²) in [5.74, 6) is -0.971. The summed E-state index contributed by atoms with van der Waals surface area (Å²) >= 11 is 0. The van der Waals surface area contributed by atoms with Gasteiger partial charge in [-0.15, -0.1) is 0 Å². The van der Waals surface area contributed by atoms with E-state index in [-0.39, 0.29) is 6.47 Å². The van der Waals surface area contributed by atoms with Gasteiger partial charge in [-0.2, -0.15) is 0 Å². The standard InChI is InChI=1S/C9H8O4/c10-6-13-9(12)8(11)7-4-2-1-3-5-7/h1-6,8,11H. The predicted molar refractivity (Wildman–Crippen MR) is 43.6 cm³/mol. The van der Waals surface area contributed by atoms with Gasteiger partial charge in [0.1, 0.15) is 0 Å². The lowest BCUT2D eigenvalue weighted by atomic mass is 10.1. The maximum absolute atomic E-state index is 10.8. The predicted octanol–water partition coefficient (Wildman–Crippen LogP) is 0.420. The van der Waals surface area contributed by atoms with Gasteiger partial charge in [0.2, 0.25) is 0 Å². The molecular weight excluding hydrogens is 172 g/mol. The highest BCUT2D eigenvalue weighted by atomic mass is 16.6. The average Bonchev–Trinajstić information content (AvgIpc) is 2.18. The van der Waals surface area contributed by atoms with E-state index in [9.17, 15) is 14.7 Å². The summed E-state index contributed by atoms with van der Waals surface area (Å²) in [5, 5.41) is 9.29. The number of hydrogen-bond donors (Lipinski definition) is 1. The number of ether oxygens (including phenoxy) is 1. The molecule has 0 saturated carbocycles. The minimum absolute atomic E-state index is 0.00546. The van der Waals surface area contributed by atoms with Crippen molar-refractivity contribution in [3.8, 4) is 0 Å². The molecule has 1 N–H and O–H groups in total. The van der Waals surface area contributed by atoms with Crippen molar-refractivity contribution in [2.24, 2.45) is 0 Å². The fourth-order valence-electron chi connectivity index (χ4n) is 0.883. The molecule has 0 amide bonds. The third kappa shape index (κ3) is 2.38. The van der Waals surface area contributed by atoms with Crippen LogP contribution in [0.2, 0.25) is 0 Å². The molecule has 1 unspecified atom stereocenters. The topological polar surface area (TPSA) is 63.6 Å². The SMILES string of the molecule is O=COC(=O)C(O)c1ccccc1. The second-order valence-electron chi connectivity index (χ2n) is 2.35. The summed E-state index contributed by atoms with van der Waals surface area (Å²) in [4.78, 5) is 20.6. The third-order valence-electron chi connectivity index (χ3n) is 1.50. The number of carbonyl (C=O) groups excluding carboxylic acids is 2. The van der Waals surface area contributed by atoms with Crippen molar-refractivity contribution >= 4 is 12.4 Å². The summed E-state index contributed by atoms with van der Waals surface area (Å²) in [6.45, 7) is -0.00546. The van der Waals surface area contributed by atoms with E-state index in [2.05, 4.69) is 4.74 Å². The van der Waals surface area contributed by atoms with Crippen LogP contribution in [0.4, 0.5) is 0 Å². The number of carbonyl (C=O) groups is 2. The fraction of sp³-hybridized carbons (Fsp3) is 0.111. The third-order valence-corrected chi connectivity index (χ3v) is 1.50. The second kappa shape index (κ2) is 4.37. The van der Waals surface area contributed by atoms with Crippen LogP contribution in [-0.2, 0) is 14.3 Å². The molecule has 1 rings (SSSR count). The number of aliphatic hydroxyl groups excluding tert-OH is 1. The van der Waals surface area contributed by atoms with Crippen molar-refractivity contribution in [1.29, 1.82) is 0 Å². The van der Waals surface area contributed by atoms with Crippen LogP contribution in [0.15, 0.2) is 30.3 Å². The van der Waals surface area contributed by atoms with Crippen molar-refractivity contribution in [2.75, 3.05) is 0 Å². The fourth-order valence-corrected chi connectivity index (χ4v) is 0.883. The summed E-state index contributed by atoms with van der Waals surface area (Å²) in [6, 6.07) is 8.23. The van der Waals surface area contributed by atoms with Gasteiger partial charge in [0, 0.05) is 0 Å². The molecule has 1 aromatic rings. The molecule has 1 aromatic carbocycles. The van der Waals surface area contributed by atoms with Crippen LogP contribution in [0.5, 0.6) is 0 Å². The Labute approximate surface area is 74.8 Å². The van der Waals surface area contributed by atoms with E-state index in [0.717, 1.165) is 0 Å². The van der Waals surface area contributed by atoms with E-state index in [1.54, 1.807) is 30.3 Å². The minimum atomic E-state index is -1.40. The first kappa shape index (κ1) is 9.41. The molecule has 0 saturated heterocycles. The lowest BCUT2D eigenvalue weighted by Gasteiger charge is -2.06. The Kier molecular flexibility index (Phi) is 3.16. The summed E-state index contributed by atoms with van der Waals surface area (Å²) in [7, 11) is 0. The molecule has 0 spiro atoms. The molecular formula is C9H8O4. The van der Waals surface area contributed by atoms with E-state index in [0.29, 0.717) is 5.56 Å². The van der Waals surface area contributed by atoms with Crippen LogP contribution < -0.4 is 0 Å². The smallest absolute Gasteiger partial charge is 0.347 e. The summed E-state index contributed by atoms with van der Waals surface area (Å²) in [5.41, 5.74) is 0.398. The molecule has 4 heteroatoms. The Morgan fingerprint density at radius 1 is 1.38 bits per heavy atom. The minimum Gasteiger partial charge on any atom is -0.393 e. The molecule has 1 atom stereocenters. The zero-order valence-corrected chi connectivity index (χ0v) is 6.71. The summed E-state index contributed by atoms with van der Waals surface area (Å²) in [6.07, 6.45) is -1.40. The normalized spacial score (nSPS) is 11.8. The van der Waals surface area contributed by atoms with Crippen molar-refractivity contribution in [1.82, 2.24) is 0 Å². The van der Waals surface area contributed by atoms with Gasteiger partial charge in [-0.1, -0.05) is 30.3 Å². The van der Waals surface area contributed by atoms with E-state index in [1.807, 2.05) is 0 Å². The lowest BCUT2D eigenvalue weighted by Crippen LogP contribution is -2.14. The quantitative estimate of drug-likeness (QED) is 0.416. The molecule has 0 aromatic heterocycles. The van der Waals surface area contributed by atoms with E-state index in [1.165, 1.54) is 0 Å². The number of aliphatic hydroxyl groups is 1. The number of hydrogen-bond acceptors (Lipinski definition) is 4. The molecule has 0 radical (unpaired) electrons. The van der Waals surface area contributed by atoms with Crippen LogP contribution in [0.25, 0.3) is 0 Å². The highest BCUT2D eigenvalue weighted by molar-refractivity contribution is 5.81. The first-order chi connectivity index (χ1) is 6.25. The molecule has 0 heterocycles. The van der Waals surface area contributed by atoms with Crippen molar-refractivity contribution in [2.45, 2.75) is 6.10 Å². The van der Waals surface area contributed by atoms with Gasteiger partial charge in [0.15, 0.2) is 6.10 Å². The first-order valence-electron chi connectivity index (χ1n) is 3.63. The highest BCUT2D eigenvalue weighted by Gasteiger charge is 2.17. The molecule has 0 aliphatic heterocycles. The van der Waals surface area contributed by atoms with Crippen LogP contribution >= 0.6 is 0 Å². The van der Waals surface area contributed by atoms with Crippen LogP contribution in [-0.4, -0.2) is 17.5 Å². The largest absolute Gasteiger partial charge is 0.393 e. The molecule has 4 nitrogen and oxygen atoms in total. The van der Waals surface area contributed by atoms with Crippen molar-refractivity contribution in [3.63, 3.8) is 0 Å². The van der Waals surface area contributed by atoms with Gasteiger partial charge >= 0.3 is 12.4 Å². The van der Waals surface area contributed by atoms with E-state index < -0.39 is 12.1 Å². The Balaban J connectivity index is 2.73. The lowest BCUT2D eigenvalue weighted by molar-refractivity contribution is -0.159. The van der Waals surface area contributed by atoms with Gasteiger partial charge in [-0.3, -0.25) is 4.79 Å². The van der Waals surface area contributed by atoms with Gasteiger partial charge in [-0.25, -0.2) is 4.79 Å². The first-order valence-corrected chi connectivity index (χ1v) is 3.63. The molecule has 0 fully saturated rings. The van der Waals surface area contributed by atoms with Crippen molar-refractivity contribution in [3.05, 3.63) is 35.9 Å². The molecule has 0 aliphatic carbocycles. The molecule has 13 heavy (non-hydrogen) atoms. The Bertz CT molecular complexity index is 294. The zero-order chi connectivity index (χ0) is 9.68. The van der Waals surface area contributed by atoms with Crippen LogP contribution in [0.1, 0.15) is 11.7 Å². The maximum atomic E-state index is 10.8.